The smallest absolute Gasteiger partial charge is 0.328 e. The van der Waals surface area contributed by atoms with Crippen molar-refractivity contribution in [3.8, 4) is 28.3 Å². The molecule has 288 valence electrons. The molecule has 2 aromatic heterocycles. The first kappa shape index (κ1) is 40.8. The lowest BCUT2D eigenvalue weighted by molar-refractivity contribution is -0.142. The lowest BCUT2D eigenvalue weighted by Gasteiger charge is -2.25. The van der Waals surface area contributed by atoms with Crippen molar-refractivity contribution in [2.75, 3.05) is 6.61 Å². The van der Waals surface area contributed by atoms with Crippen molar-refractivity contribution in [2.24, 2.45) is 5.73 Å². The number of thiophene rings is 1. The van der Waals surface area contributed by atoms with E-state index < -0.39 is 35.9 Å². The number of nitrogens with one attached hydrogen (secondary N) is 2. The molecule has 3 aromatic carbocycles. The molecule has 0 bridgehead atoms. The number of aromatic nitrogens is 2. The Balaban J connectivity index is 1.27. The molecule has 5 N–H and O–H groups in total. The van der Waals surface area contributed by atoms with Gasteiger partial charge >= 0.3 is 5.97 Å². The van der Waals surface area contributed by atoms with Crippen molar-refractivity contribution in [3.63, 3.8) is 0 Å². The molecule has 5 aromatic rings. The van der Waals surface area contributed by atoms with Gasteiger partial charge in [0.15, 0.2) is 5.82 Å². The molecule has 0 saturated heterocycles. The molecule has 0 saturated carbocycles. The van der Waals surface area contributed by atoms with Crippen LogP contribution in [-0.2, 0) is 21.4 Å². The van der Waals surface area contributed by atoms with Crippen molar-refractivity contribution in [3.05, 3.63) is 124 Å². The fourth-order valence-electron chi connectivity index (χ4n) is 6.02. The van der Waals surface area contributed by atoms with E-state index in [2.05, 4.69) is 48.3 Å². The van der Waals surface area contributed by atoms with Gasteiger partial charge in [0.1, 0.15) is 17.8 Å². The summed E-state index contributed by atoms with van der Waals surface area (Å²) in [7, 11) is 0. The standard InChI is InChI=1S/C44H51N5O5S/c1-5-6-7-8-12-25-54-34-21-19-30(20-22-34)33-27-46-40(47-28-33)32-17-15-29(16-18-32)26-35(48-42(51)36-23-24-37(55-36)44(2,3)4)41(50)49-39(43(52)53)38(45)31-13-10-9-11-14-31/h9-11,13-24,27-28,35,38-39H,5-8,12,25-26,45H2,1-4H3,(H,48,51)(H,49,50)(H,52,53)/t35-,38-,39-/m0/s1. The number of amides is 2. The van der Waals surface area contributed by atoms with Gasteiger partial charge in [0.2, 0.25) is 5.91 Å². The average molecular weight is 762 g/mol. The zero-order valence-corrected chi connectivity index (χ0v) is 32.8. The van der Waals surface area contributed by atoms with Gasteiger partial charge in [-0.25, -0.2) is 14.8 Å². The lowest BCUT2D eigenvalue weighted by atomic mass is 9.95. The summed E-state index contributed by atoms with van der Waals surface area (Å²) in [6, 6.07) is 24.1. The van der Waals surface area contributed by atoms with Crippen LogP contribution in [-0.4, -0.2) is 51.5 Å². The molecule has 55 heavy (non-hydrogen) atoms. The molecule has 0 fully saturated rings. The summed E-state index contributed by atoms with van der Waals surface area (Å²) in [5, 5.41) is 15.5. The van der Waals surface area contributed by atoms with Crippen molar-refractivity contribution in [1.29, 1.82) is 0 Å². The molecular weight excluding hydrogens is 711 g/mol. The Morgan fingerprint density at radius 2 is 1.45 bits per heavy atom. The highest BCUT2D eigenvalue weighted by Gasteiger charge is 2.32. The Labute approximate surface area is 327 Å². The number of carboxylic acid groups (broad SMARTS) is 1. The molecule has 10 nitrogen and oxygen atoms in total. The minimum absolute atomic E-state index is 0.0978. The Kier molecular flexibility index (Phi) is 14.3. The molecule has 0 aliphatic carbocycles. The molecule has 2 heterocycles. The molecule has 2 amide bonds. The zero-order valence-electron chi connectivity index (χ0n) is 32.0. The van der Waals surface area contributed by atoms with Gasteiger partial charge in [0.25, 0.3) is 5.91 Å². The maximum atomic E-state index is 13.8. The minimum atomic E-state index is -1.43. The number of rotatable bonds is 18. The first-order valence-corrected chi connectivity index (χ1v) is 19.6. The Morgan fingerprint density at radius 3 is 2.07 bits per heavy atom. The predicted octanol–water partition coefficient (Wildman–Crippen LogP) is 8.13. The van der Waals surface area contributed by atoms with Crippen molar-refractivity contribution in [1.82, 2.24) is 20.6 Å². The number of carboxylic acids is 1. The summed E-state index contributed by atoms with van der Waals surface area (Å²) < 4.78 is 5.90. The van der Waals surface area contributed by atoms with E-state index in [1.807, 2.05) is 54.6 Å². The van der Waals surface area contributed by atoms with Gasteiger partial charge in [-0.3, -0.25) is 9.59 Å². The van der Waals surface area contributed by atoms with E-state index in [0.717, 1.165) is 39.3 Å². The van der Waals surface area contributed by atoms with E-state index in [0.29, 0.717) is 22.9 Å². The number of nitrogens with two attached hydrogens (primary N) is 1. The third-order valence-electron chi connectivity index (χ3n) is 9.31. The first-order chi connectivity index (χ1) is 26.4. The van der Waals surface area contributed by atoms with Gasteiger partial charge in [0.05, 0.1) is 17.5 Å². The second kappa shape index (κ2) is 19.3. The number of carbonyl (C=O) groups excluding carboxylic acids is 2. The van der Waals surface area contributed by atoms with Gasteiger partial charge in [0, 0.05) is 34.8 Å². The lowest BCUT2D eigenvalue weighted by Crippen LogP contribution is -2.55. The van der Waals surface area contributed by atoms with Gasteiger partial charge in [-0.2, -0.15) is 0 Å². The number of ether oxygens (including phenoxy) is 1. The van der Waals surface area contributed by atoms with Crippen LogP contribution in [0.1, 0.15) is 91.5 Å². The normalized spacial score (nSPS) is 13.0. The molecule has 0 spiro atoms. The summed E-state index contributed by atoms with van der Waals surface area (Å²) in [5.41, 5.74) is 10.1. The van der Waals surface area contributed by atoms with Crippen LogP contribution in [0.2, 0.25) is 0 Å². The van der Waals surface area contributed by atoms with Gasteiger partial charge in [-0.05, 0) is 52.8 Å². The fourth-order valence-corrected chi connectivity index (χ4v) is 6.99. The quantitative estimate of drug-likeness (QED) is 0.0653. The van der Waals surface area contributed by atoms with Crippen LogP contribution < -0.4 is 21.1 Å². The van der Waals surface area contributed by atoms with E-state index >= 15 is 0 Å². The molecule has 0 unspecified atom stereocenters. The minimum Gasteiger partial charge on any atom is -0.494 e. The van der Waals surface area contributed by atoms with Gasteiger partial charge in [-0.1, -0.05) is 120 Å². The number of unbranched alkanes of at least 4 members (excludes halogenated alkanes) is 4. The van der Waals surface area contributed by atoms with Gasteiger partial charge < -0.3 is 26.2 Å². The fraction of sp³-hybridized carbons (Fsp3) is 0.341. The van der Waals surface area contributed by atoms with Crippen LogP contribution in [0.4, 0.5) is 0 Å². The zero-order chi connectivity index (χ0) is 39.4. The second-order valence-corrected chi connectivity index (χ2v) is 15.8. The maximum Gasteiger partial charge on any atom is 0.328 e. The van der Waals surface area contributed by atoms with E-state index in [4.69, 9.17) is 10.5 Å². The number of carbonyl (C=O) groups is 3. The summed E-state index contributed by atoms with van der Waals surface area (Å²) in [6.45, 7) is 9.11. The largest absolute Gasteiger partial charge is 0.494 e. The number of hydrogen-bond acceptors (Lipinski definition) is 8. The highest BCUT2D eigenvalue weighted by Crippen LogP contribution is 2.30. The van der Waals surface area contributed by atoms with Crippen molar-refractivity contribution < 1.29 is 24.2 Å². The highest BCUT2D eigenvalue weighted by atomic mass is 32.1. The first-order valence-electron chi connectivity index (χ1n) is 18.8. The predicted molar refractivity (Wildman–Crippen MR) is 218 cm³/mol. The van der Waals surface area contributed by atoms with Crippen LogP contribution in [0.5, 0.6) is 5.75 Å². The molecule has 0 aliphatic rings. The number of nitrogens with zero attached hydrogens (tertiary/aromatic N) is 2. The van der Waals surface area contributed by atoms with E-state index in [-0.39, 0.29) is 11.8 Å². The average Bonchev–Trinajstić information content (AvgIpc) is 3.71. The number of hydrogen-bond donors (Lipinski definition) is 4. The number of aliphatic carboxylic acids is 1. The molecule has 0 radical (unpaired) electrons. The summed E-state index contributed by atoms with van der Waals surface area (Å²) in [6.07, 6.45) is 9.64. The number of benzene rings is 3. The monoisotopic (exact) mass is 761 g/mol. The van der Waals surface area contributed by atoms with Crippen LogP contribution in [0, 0.1) is 0 Å². The third kappa shape index (κ3) is 11.6. The van der Waals surface area contributed by atoms with Crippen molar-refractivity contribution >= 4 is 29.1 Å². The highest BCUT2D eigenvalue weighted by molar-refractivity contribution is 7.14. The van der Waals surface area contributed by atoms with E-state index in [1.54, 1.807) is 48.8 Å². The summed E-state index contributed by atoms with van der Waals surface area (Å²) in [4.78, 5) is 50.3. The molecule has 3 atom stereocenters. The maximum absolute atomic E-state index is 13.8. The van der Waals surface area contributed by atoms with Crippen LogP contribution in [0.25, 0.3) is 22.5 Å². The van der Waals surface area contributed by atoms with Crippen LogP contribution in [0.15, 0.2) is 103 Å². The topological polar surface area (TPSA) is 157 Å². The summed E-state index contributed by atoms with van der Waals surface area (Å²) >= 11 is 1.36. The molecule has 0 aliphatic heterocycles. The SMILES string of the molecule is CCCCCCCOc1ccc(-c2cnc(-c3ccc(C[C@H](NC(=O)c4ccc(C(C)(C)C)s4)C(=O)N[C@H](C(=O)O)[C@@H](N)c4ccccc4)cc3)nc2)cc1. The van der Waals surface area contributed by atoms with Crippen molar-refractivity contribution in [2.45, 2.75) is 89.8 Å². The Morgan fingerprint density at radius 1 is 0.800 bits per heavy atom. The van der Waals surface area contributed by atoms with E-state index in [9.17, 15) is 19.5 Å². The molecule has 5 rings (SSSR count). The van der Waals surface area contributed by atoms with Crippen LogP contribution in [0.3, 0.4) is 0 Å². The van der Waals surface area contributed by atoms with Gasteiger partial charge in [-0.15, -0.1) is 11.3 Å². The molecule has 11 heteroatoms. The van der Waals surface area contributed by atoms with E-state index in [1.165, 1.54) is 37.0 Å². The second-order valence-electron chi connectivity index (χ2n) is 14.7. The Bertz CT molecular complexity index is 1990. The third-order valence-corrected chi connectivity index (χ3v) is 10.8. The summed E-state index contributed by atoms with van der Waals surface area (Å²) in [5.74, 6) is -0.996. The van der Waals surface area contributed by atoms with Crippen LogP contribution >= 0.6 is 11.3 Å². The Hall–Kier alpha value is -5.39. The molecular formula is C44H51N5O5S.